The lowest BCUT2D eigenvalue weighted by molar-refractivity contribution is -0.118. The molecule has 4 rings (SSSR count). The van der Waals surface area contributed by atoms with Crippen molar-refractivity contribution in [3.05, 3.63) is 94.8 Å². The van der Waals surface area contributed by atoms with Gasteiger partial charge in [0.25, 0.3) is 5.91 Å². The number of fused-ring (bicyclic) bond motifs is 1. The van der Waals surface area contributed by atoms with Crippen molar-refractivity contribution in [1.29, 1.82) is 0 Å². The van der Waals surface area contributed by atoms with E-state index in [0.717, 1.165) is 44.9 Å². The summed E-state index contributed by atoms with van der Waals surface area (Å²) in [5.41, 5.74) is 2.98. The van der Waals surface area contributed by atoms with Gasteiger partial charge in [-0.2, -0.15) is 4.99 Å². The van der Waals surface area contributed by atoms with Crippen LogP contribution in [0, 0.1) is 0 Å². The van der Waals surface area contributed by atoms with E-state index in [0.29, 0.717) is 6.61 Å². The second kappa shape index (κ2) is 9.75. The van der Waals surface area contributed by atoms with Gasteiger partial charge >= 0.3 is 0 Å². The van der Waals surface area contributed by atoms with E-state index in [4.69, 9.17) is 4.74 Å². The molecule has 158 valence electrons. The predicted octanol–water partition coefficient (Wildman–Crippen LogP) is 5.77. The Kier molecular flexibility index (Phi) is 6.63. The molecule has 1 heterocycles. The van der Waals surface area contributed by atoms with E-state index < -0.39 is 5.92 Å². The second-order valence-electron chi connectivity index (χ2n) is 7.30. The molecule has 0 aliphatic carbocycles. The van der Waals surface area contributed by atoms with Crippen molar-refractivity contribution in [2.24, 2.45) is 4.99 Å². The maximum Gasteiger partial charge on any atom is 0.260 e. The first-order valence-corrected chi connectivity index (χ1v) is 11.5. The number of hydrogen-bond acceptors (Lipinski definition) is 3. The fourth-order valence-electron chi connectivity index (χ4n) is 3.76. The van der Waals surface area contributed by atoms with Crippen LogP contribution in [0.1, 0.15) is 37.3 Å². The van der Waals surface area contributed by atoms with E-state index in [1.807, 2.05) is 79.7 Å². The van der Waals surface area contributed by atoms with E-state index in [2.05, 4.69) is 22.5 Å². The van der Waals surface area contributed by atoms with E-state index in [9.17, 15) is 4.79 Å². The minimum absolute atomic E-state index is 0.154. The highest BCUT2D eigenvalue weighted by molar-refractivity contribution is 7.16. The number of carbonyl (C=O) groups excluding carboxylic acids is 1. The summed E-state index contributed by atoms with van der Waals surface area (Å²) < 4.78 is 8.87. The molecular weight excluding hydrogens is 404 g/mol. The van der Waals surface area contributed by atoms with Crippen LogP contribution >= 0.6 is 11.3 Å². The first-order chi connectivity index (χ1) is 15.2. The van der Waals surface area contributed by atoms with Gasteiger partial charge < -0.3 is 9.30 Å². The summed E-state index contributed by atoms with van der Waals surface area (Å²) in [6.45, 7) is 5.54. The van der Waals surface area contributed by atoms with Gasteiger partial charge in [0.2, 0.25) is 0 Å². The molecule has 31 heavy (non-hydrogen) atoms. The Morgan fingerprint density at radius 3 is 2.19 bits per heavy atom. The molecule has 0 radical (unpaired) electrons. The molecule has 0 N–H and O–H groups in total. The van der Waals surface area contributed by atoms with E-state index >= 15 is 0 Å². The molecule has 0 spiro atoms. The smallest absolute Gasteiger partial charge is 0.260 e. The van der Waals surface area contributed by atoms with Gasteiger partial charge in [-0.05, 0) is 42.7 Å². The zero-order chi connectivity index (χ0) is 21.6. The Bertz CT molecular complexity index is 1190. The minimum Gasteiger partial charge on any atom is -0.494 e. The van der Waals surface area contributed by atoms with Crippen LogP contribution in [0.25, 0.3) is 10.2 Å². The summed E-state index contributed by atoms with van der Waals surface area (Å²) in [5, 5.41) is 0. The average molecular weight is 431 g/mol. The third-order valence-corrected chi connectivity index (χ3v) is 6.17. The van der Waals surface area contributed by atoms with Crippen molar-refractivity contribution in [2.75, 3.05) is 6.61 Å². The highest BCUT2D eigenvalue weighted by atomic mass is 32.1. The van der Waals surface area contributed by atoms with E-state index in [1.165, 1.54) is 11.3 Å². The molecule has 0 fully saturated rings. The van der Waals surface area contributed by atoms with Crippen LogP contribution in [-0.4, -0.2) is 17.1 Å². The minimum atomic E-state index is -0.429. The fraction of sp³-hybridized carbons (Fsp3) is 0.231. The number of hydrogen-bond donors (Lipinski definition) is 0. The quantitative estimate of drug-likeness (QED) is 0.373. The van der Waals surface area contributed by atoms with Gasteiger partial charge in [0.15, 0.2) is 4.80 Å². The molecule has 0 bridgehead atoms. The highest BCUT2D eigenvalue weighted by Gasteiger charge is 2.22. The van der Waals surface area contributed by atoms with Crippen molar-refractivity contribution in [3.63, 3.8) is 0 Å². The van der Waals surface area contributed by atoms with Gasteiger partial charge in [-0.1, -0.05) is 78.9 Å². The molecule has 4 aromatic rings. The third-order valence-electron chi connectivity index (χ3n) is 5.13. The summed E-state index contributed by atoms with van der Waals surface area (Å²) in [7, 11) is 0. The monoisotopic (exact) mass is 430 g/mol. The summed E-state index contributed by atoms with van der Waals surface area (Å²) in [5.74, 6) is 0.254. The zero-order valence-electron chi connectivity index (χ0n) is 17.8. The Labute approximate surface area is 186 Å². The van der Waals surface area contributed by atoms with Crippen LogP contribution in [0.4, 0.5) is 0 Å². The van der Waals surface area contributed by atoms with Crippen LogP contribution in [0.3, 0.4) is 0 Å². The molecule has 0 saturated heterocycles. The number of aryl methyl sites for hydroxylation is 1. The SMILES string of the molecule is CCCn1c(=NC(=O)C(c2ccccc2)c2ccccc2)sc2cc(OCC)ccc21. The van der Waals surface area contributed by atoms with Crippen molar-refractivity contribution < 1.29 is 9.53 Å². The fourth-order valence-corrected chi connectivity index (χ4v) is 4.85. The molecule has 0 aliphatic heterocycles. The Morgan fingerprint density at radius 2 is 1.61 bits per heavy atom. The van der Waals surface area contributed by atoms with Crippen LogP contribution in [0.2, 0.25) is 0 Å². The lowest BCUT2D eigenvalue weighted by Crippen LogP contribution is -2.20. The number of rotatable bonds is 7. The molecule has 0 saturated carbocycles. The van der Waals surface area contributed by atoms with Crippen LogP contribution < -0.4 is 9.54 Å². The number of carbonyl (C=O) groups is 1. The summed E-state index contributed by atoms with van der Waals surface area (Å²) in [6.07, 6.45) is 0.960. The Hall–Kier alpha value is -3.18. The highest BCUT2D eigenvalue weighted by Crippen LogP contribution is 2.27. The summed E-state index contributed by atoms with van der Waals surface area (Å²) >= 11 is 1.54. The van der Waals surface area contributed by atoms with Crippen LogP contribution in [-0.2, 0) is 11.3 Å². The van der Waals surface area contributed by atoms with Gasteiger partial charge in [-0.15, -0.1) is 0 Å². The number of amides is 1. The molecule has 1 amide bonds. The molecule has 0 unspecified atom stereocenters. The molecule has 3 aromatic carbocycles. The number of nitrogens with zero attached hydrogens (tertiary/aromatic N) is 2. The first kappa shape index (κ1) is 21.1. The Morgan fingerprint density at radius 1 is 0.968 bits per heavy atom. The van der Waals surface area contributed by atoms with E-state index in [1.54, 1.807) is 0 Å². The van der Waals surface area contributed by atoms with Crippen molar-refractivity contribution >= 4 is 27.5 Å². The number of ether oxygens (including phenoxy) is 1. The maximum atomic E-state index is 13.5. The van der Waals surface area contributed by atoms with Crippen molar-refractivity contribution in [1.82, 2.24) is 4.57 Å². The number of benzene rings is 3. The standard InChI is InChI=1S/C26H26N2O2S/c1-3-17-28-22-16-15-21(30-4-2)18-23(22)31-26(28)27-25(29)24(19-11-7-5-8-12-19)20-13-9-6-10-14-20/h5-16,18,24H,3-4,17H2,1-2H3. The molecular formula is C26H26N2O2S. The summed E-state index contributed by atoms with van der Waals surface area (Å²) in [6, 6.07) is 25.8. The van der Waals surface area contributed by atoms with Gasteiger partial charge in [0.05, 0.1) is 22.7 Å². The number of thiazole rings is 1. The average Bonchev–Trinajstić information content (AvgIpc) is 3.12. The first-order valence-electron chi connectivity index (χ1n) is 10.7. The van der Waals surface area contributed by atoms with Crippen LogP contribution in [0.15, 0.2) is 83.9 Å². The number of aromatic nitrogens is 1. The normalized spacial score (nSPS) is 11.9. The van der Waals surface area contributed by atoms with Crippen LogP contribution in [0.5, 0.6) is 5.75 Å². The predicted molar refractivity (Wildman–Crippen MR) is 127 cm³/mol. The molecule has 4 nitrogen and oxygen atoms in total. The van der Waals surface area contributed by atoms with Crippen molar-refractivity contribution in [3.8, 4) is 5.75 Å². The lowest BCUT2D eigenvalue weighted by Gasteiger charge is -2.14. The van der Waals surface area contributed by atoms with E-state index in [-0.39, 0.29) is 5.91 Å². The summed E-state index contributed by atoms with van der Waals surface area (Å²) in [4.78, 5) is 18.9. The molecule has 0 atom stereocenters. The molecule has 5 heteroatoms. The topological polar surface area (TPSA) is 43.6 Å². The zero-order valence-corrected chi connectivity index (χ0v) is 18.6. The largest absolute Gasteiger partial charge is 0.494 e. The Balaban J connectivity index is 1.83. The third kappa shape index (κ3) is 4.62. The van der Waals surface area contributed by atoms with Gasteiger partial charge in [-0.25, -0.2) is 0 Å². The second-order valence-corrected chi connectivity index (χ2v) is 8.31. The maximum absolute atomic E-state index is 13.5. The van der Waals surface area contributed by atoms with Gasteiger partial charge in [0, 0.05) is 6.54 Å². The van der Waals surface area contributed by atoms with Gasteiger partial charge in [-0.3, -0.25) is 4.79 Å². The molecule has 0 aliphatic rings. The van der Waals surface area contributed by atoms with Crippen molar-refractivity contribution in [2.45, 2.75) is 32.7 Å². The van der Waals surface area contributed by atoms with Gasteiger partial charge in [0.1, 0.15) is 5.75 Å². The molecule has 1 aromatic heterocycles. The lowest BCUT2D eigenvalue weighted by atomic mass is 9.91.